The summed E-state index contributed by atoms with van der Waals surface area (Å²) in [6.07, 6.45) is 2.50. The van der Waals surface area contributed by atoms with Crippen LogP contribution in [0.2, 0.25) is 0 Å². The molecular weight excluding hydrogens is 320 g/mol. The van der Waals surface area contributed by atoms with E-state index in [0.29, 0.717) is 43.4 Å². The first kappa shape index (κ1) is 18.7. The standard InChI is InChI=1S/C19H24N2O4/c1-3-11-21-14-15(9-10-18(21)22)20-19(23)16-7-5-6-8-17(16)25-13-12-24-4-2/h5-10,14H,3-4,11-13H2,1-2H3,(H,20,23). The van der Waals surface area contributed by atoms with Crippen LogP contribution in [0.3, 0.4) is 0 Å². The van der Waals surface area contributed by atoms with E-state index in [9.17, 15) is 9.59 Å². The summed E-state index contributed by atoms with van der Waals surface area (Å²) in [5, 5.41) is 2.82. The number of benzene rings is 1. The molecule has 0 aliphatic heterocycles. The summed E-state index contributed by atoms with van der Waals surface area (Å²) in [7, 11) is 0. The molecule has 0 saturated heterocycles. The molecule has 134 valence electrons. The van der Waals surface area contributed by atoms with Gasteiger partial charge in [-0.05, 0) is 31.5 Å². The number of ether oxygens (including phenoxy) is 2. The number of carbonyl (C=O) groups is 1. The third-order valence-corrected chi connectivity index (χ3v) is 3.53. The van der Waals surface area contributed by atoms with Gasteiger partial charge in [-0.1, -0.05) is 19.1 Å². The molecule has 2 rings (SSSR count). The van der Waals surface area contributed by atoms with Crippen molar-refractivity contribution in [3.8, 4) is 5.75 Å². The van der Waals surface area contributed by atoms with E-state index in [-0.39, 0.29) is 11.5 Å². The van der Waals surface area contributed by atoms with Crippen LogP contribution in [0.25, 0.3) is 0 Å². The molecule has 1 aromatic carbocycles. The van der Waals surface area contributed by atoms with E-state index < -0.39 is 0 Å². The summed E-state index contributed by atoms with van der Waals surface area (Å²) in [6, 6.07) is 10.1. The predicted octanol–water partition coefficient (Wildman–Crippen LogP) is 2.93. The molecule has 0 atom stereocenters. The zero-order valence-corrected chi connectivity index (χ0v) is 14.7. The Bertz CT molecular complexity index is 755. The lowest BCUT2D eigenvalue weighted by Crippen LogP contribution is -2.21. The Hall–Kier alpha value is -2.60. The number of para-hydroxylation sites is 1. The van der Waals surface area contributed by atoms with Crippen LogP contribution in [-0.4, -0.2) is 30.3 Å². The molecule has 0 aliphatic carbocycles. The Kier molecular flexibility index (Phi) is 7.22. The highest BCUT2D eigenvalue weighted by molar-refractivity contribution is 6.06. The lowest BCUT2D eigenvalue weighted by atomic mass is 10.2. The normalized spacial score (nSPS) is 10.5. The molecule has 0 aliphatic rings. The number of rotatable bonds is 9. The minimum absolute atomic E-state index is 0.0838. The molecule has 1 heterocycles. The molecule has 1 aromatic heterocycles. The number of aryl methyl sites for hydroxylation is 1. The van der Waals surface area contributed by atoms with Gasteiger partial charge < -0.3 is 19.4 Å². The molecule has 1 N–H and O–H groups in total. The van der Waals surface area contributed by atoms with Crippen LogP contribution in [0, 0.1) is 0 Å². The minimum Gasteiger partial charge on any atom is -0.490 e. The molecule has 1 amide bonds. The number of aromatic nitrogens is 1. The van der Waals surface area contributed by atoms with E-state index in [1.807, 2.05) is 19.9 Å². The second-order valence-electron chi connectivity index (χ2n) is 5.45. The smallest absolute Gasteiger partial charge is 0.259 e. The quantitative estimate of drug-likeness (QED) is 0.710. The fourth-order valence-corrected chi connectivity index (χ4v) is 2.35. The summed E-state index contributed by atoms with van der Waals surface area (Å²) >= 11 is 0. The van der Waals surface area contributed by atoms with Crippen LogP contribution in [-0.2, 0) is 11.3 Å². The number of nitrogens with zero attached hydrogens (tertiary/aromatic N) is 1. The third-order valence-electron chi connectivity index (χ3n) is 3.53. The Morgan fingerprint density at radius 3 is 2.68 bits per heavy atom. The van der Waals surface area contributed by atoms with E-state index in [4.69, 9.17) is 9.47 Å². The largest absolute Gasteiger partial charge is 0.490 e. The Labute approximate surface area is 147 Å². The SMILES string of the molecule is CCCn1cc(NC(=O)c2ccccc2OCCOCC)ccc1=O. The third kappa shape index (κ3) is 5.46. The number of amides is 1. The van der Waals surface area contributed by atoms with Gasteiger partial charge in [-0.15, -0.1) is 0 Å². The fraction of sp³-hybridized carbons (Fsp3) is 0.368. The number of carbonyl (C=O) groups excluding carboxylic acids is 1. The van der Waals surface area contributed by atoms with Gasteiger partial charge >= 0.3 is 0 Å². The maximum Gasteiger partial charge on any atom is 0.259 e. The molecule has 0 unspecified atom stereocenters. The highest BCUT2D eigenvalue weighted by Crippen LogP contribution is 2.19. The number of pyridine rings is 1. The van der Waals surface area contributed by atoms with Crippen LogP contribution >= 0.6 is 0 Å². The molecule has 0 fully saturated rings. The van der Waals surface area contributed by atoms with Crippen molar-refractivity contribution in [1.82, 2.24) is 4.57 Å². The van der Waals surface area contributed by atoms with Crippen LogP contribution in [0.1, 0.15) is 30.6 Å². The van der Waals surface area contributed by atoms with Gasteiger partial charge in [0.1, 0.15) is 12.4 Å². The van der Waals surface area contributed by atoms with Gasteiger partial charge in [0.2, 0.25) is 0 Å². The first-order chi connectivity index (χ1) is 12.2. The van der Waals surface area contributed by atoms with Crippen molar-refractivity contribution >= 4 is 11.6 Å². The van der Waals surface area contributed by atoms with Crippen molar-refractivity contribution in [3.63, 3.8) is 0 Å². The molecule has 6 nitrogen and oxygen atoms in total. The van der Waals surface area contributed by atoms with Crippen LogP contribution in [0.5, 0.6) is 5.75 Å². The van der Waals surface area contributed by atoms with Crippen LogP contribution < -0.4 is 15.6 Å². The van der Waals surface area contributed by atoms with Crippen molar-refractivity contribution in [2.75, 3.05) is 25.1 Å². The Morgan fingerprint density at radius 1 is 1.12 bits per heavy atom. The fourth-order valence-electron chi connectivity index (χ4n) is 2.35. The van der Waals surface area contributed by atoms with E-state index in [1.165, 1.54) is 6.07 Å². The highest BCUT2D eigenvalue weighted by atomic mass is 16.5. The van der Waals surface area contributed by atoms with Gasteiger partial charge in [0.15, 0.2) is 0 Å². The molecule has 0 spiro atoms. The monoisotopic (exact) mass is 344 g/mol. The van der Waals surface area contributed by atoms with Gasteiger partial charge in [0.25, 0.3) is 11.5 Å². The minimum atomic E-state index is -0.284. The molecular formula is C19H24N2O4. The first-order valence-electron chi connectivity index (χ1n) is 8.47. The number of hydrogen-bond acceptors (Lipinski definition) is 4. The molecule has 6 heteroatoms. The second kappa shape index (κ2) is 9.64. The molecule has 0 radical (unpaired) electrons. The van der Waals surface area contributed by atoms with E-state index in [2.05, 4.69) is 5.32 Å². The van der Waals surface area contributed by atoms with E-state index in [1.54, 1.807) is 35.0 Å². The Morgan fingerprint density at radius 2 is 1.92 bits per heavy atom. The molecule has 0 bridgehead atoms. The maximum absolute atomic E-state index is 12.6. The zero-order chi connectivity index (χ0) is 18.1. The van der Waals surface area contributed by atoms with Crippen molar-refractivity contribution in [2.24, 2.45) is 0 Å². The topological polar surface area (TPSA) is 69.6 Å². The van der Waals surface area contributed by atoms with Crippen molar-refractivity contribution < 1.29 is 14.3 Å². The zero-order valence-electron chi connectivity index (χ0n) is 14.7. The van der Waals surface area contributed by atoms with Crippen LogP contribution in [0.4, 0.5) is 5.69 Å². The Balaban J connectivity index is 2.10. The molecule has 25 heavy (non-hydrogen) atoms. The van der Waals surface area contributed by atoms with Gasteiger partial charge in [0.05, 0.1) is 17.9 Å². The molecule has 2 aromatic rings. The summed E-state index contributed by atoms with van der Waals surface area (Å²) in [5.41, 5.74) is 0.925. The summed E-state index contributed by atoms with van der Waals surface area (Å²) in [5.74, 6) is 0.218. The van der Waals surface area contributed by atoms with Gasteiger partial charge in [-0.2, -0.15) is 0 Å². The lowest BCUT2D eigenvalue weighted by Gasteiger charge is -2.12. The molecule has 0 saturated carbocycles. The summed E-state index contributed by atoms with van der Waals surface area (Å²) in [4.78, 5) is 24.3. The number of anilines is 1. The van der Waals surface area contributed by atoms with Crippen molar-refractivity contribution in [3.05, 3.63) is 58.5 Å². The highest BCUT2D eigenvalue weighted by Gasteiger charge is 2.13. The lowest BCUT2D eigenvalue weighted by molar-refractivity contribution is 0.0998. The van der Waals surface area contributed by atoms with E-state index >= 15 is 0 Å². The number of nitrogens with one attached hydrogen (secondary N) is 1. The number of hydrogen-bond donors (Lipinski definition) is 1. The summed E-state index contributed by atoms with van der Waals surface area (Å²) < 4.78 is 12.5. The van der Waals surface area contributed by atoms with Crippen molar-refractivity contribution in [1.29, 1.82) is 0 Å². The second-order valence-corrected chi connectivity index (χ2v) is 5.45. The van der Waals surface area contributed by atoms with Gasteiger partial charge in [-0.25, -0.2) is 0 Å². The maximum atomic E-state index is 12.6. The predicted molar refractivity (Wildman–Crippen MR) is 97.4 cm³/mol. The van der Waals surface area contributed by atoms with Crippen molar-refractivity contribution in [2.45, 2.75) is 26.8 Å². The van der Waals surface area contributed by atoms with Gasteiger partial charge in [-0.3, -0.25) is 9.59 Å². The van der Waals surface area contributed by atoms with Crippen LogP contribution in [0.15, 0.2) is 47.4 Å². The van der Waals surface area contributed by atoms with E-state index in [0.717, 1.165) is 6.42 Å². The first-order valence-corrected chi connectivity index (χ1v) is 8.47. The summed E-state index contributed by atoms with van der Waals surface area (Å²) in [6.45, 7) is 5.99. The average molecular weight is 344 g/mol. The average Bonchev–Trinajstić information content (AvgIpc) is 2.62. The van der Waals surface area contributed by atoms with Gasteiger partial charge in [0, 0.05) is 25.4 Å².